The van der Waals surface area contributed by atoms with Crippen LogP contribution in [-0.4, -0.2) is 38.2 Å². The summed E-state index contributed by atoms with van der Waals surface area (Å²) in [5.41, 5.74) is -1.69. The summed E-state index contributed by atoms with van der Waals surface area (Å²) in [5.74, 6) is -1.07. The molecule has 2 heterocycles. The van der Waals surface area contributed by atoms with E-state index in [1.807, 2.05) is 0 Å². The van der Waals surface area contributed by atoms with E-state index in [0.29, 0.717) is 0 Å². The first-order valence-electron chi connectivity index (χ1n) is 6.34. The molecule has 2 rings (SSSR count). The zero-order valence-corrected chi connectivity index (χ0v) is 11.2. The maximum atomic E-state index is 13.6. The van der Waals surface area contributed by atoms with Gasteiger partial charge in [-0.25, -0.2) is 4.79 Å². The number of nitrogens with zero attached hydrogens (tertiary/aromatic N) is 2. The first kappa shape index (κ1) is 14.9. The number of hydrogen-bond donors (Lipinski definition) is 2. The molecule has 1 aliphatic heterocycles. The Hall–Kier alpha value is -1.51. The van der Waals surface area contributed by atoms with Crippen molar-refractivity contribution < 1.29 is 19.3 Å². The van der Waals surface area contributed by atoms with Gasteiger partial charge in [-0.05, 0) is 13.8 Å². The van der Waals surface area contributed by atoms with Crippen LogP contribution < -0.4 is 11.2 Å². The summed E-state index contributed by atoms with van der Waals surface area (Å²) in [4.78, 5) is 23.8. The molecule has 0 aliphatic carbocycles. The van der Waals surface area contributed by atoms with Crippen molar-refractivity contribution in [3.05, 3.63) is 32.9 Å². The van der Waals surface area contributed by atoms with Crippen molar-refractivity contribution in [2.45, 2.75) is 44.7 Å². The molecule has 1 saturated heterocycles. The van der Waals surface area contributed by atoms with E-state index in [1.165, 1.54) is 0 Å². The van der Waals surface area contributed by atoms with Crippen LogP contribution in [0.25, 0.3) is 0 Å². The standard InChI is InChI=1S/C12H17FN2O5/c1-6(2)15-11(18)7(13)4-14(12(15)19)10-3-8(17)9(5-16)20-10/h4,6,8-10,16-17H,3,5H2,1-2H3/t8?,9-,10-/m1/s1. The molecule has 0 spiro atoms. The van der Waals surface area contributed by atoms with Crippen LogP contribution in [0.3, 0.4) is 0 Å². The summed E-state index contributed by atoms with van der Waals surface area (Å²) in [6.45, 7) is 2.78. The molecule has 1 unspecified atom stereocenters. The van der Waals surface area contributed by atoms with Gasteiger partial charge in [-0.3, -0.25) is 13.9 Å². The van der Waals surface area contributed by atoms with Crippen molar-refractivity contribution >= 4 is 0 Å². The van der Waals surface area contributed by atoms with E-state index < -0.39 is 48.2 Å². The SMILES string of the molecule is CC(C)n1c(=O)c(F)cn([C@H]2CC(O)[C@@H](CO)O2)c1=O. The number of aromatic nitrogens is 2. The van der Waals surface area contributed by atoms with Gasteiger partial charge in [-0.15, -0.1) is 0 Å². The molecule has 3 atom stereocenters. The van der Waals surface area contributed by atoms with Crippen molar-refractivity contribution in [1.82, 2.24) is 9.13 Å². The number of ether oxygens (including phenoxy) is 1. The highest BCUT2D eigenvalue weighted by Gasteiger charge is 2.35. The number of aliphatic hydroxyl groups excluding tert-OH is 2. The van der Waals surface area contributed by atoms with Gasteiger partial charge in [0.05, 0.1) is 18.9 Å². The summed E-state index contributed by atoms with van der Waals surface area (Å²) in [6.07, 6.45) is -1.86. The highest BCUT2D eigenvalue weighted by molar-refractivity contribution is 4.94. The van der Waals surface area contributed by atoms with Gasteiger partial charge in [-0.2, -0.15) is 4.39 Å². The number of hydrogen-bond acceptors (Lipinski definition) is 5. The summed E-state index contributed by atoms with van der Waals surface area (Å²) in [7, 11) is 0. The van der Waals surface area contributed by atoms with Crippen LogP contribution in [0.1, 0.15) is 32.5 Å². The molecule has 0 bridgehead atoms. The molecule has 7 nitrogen and oxygen atoms in total. The molecule has 1 fully saturated rings. The van der Waals surface area contributed by atoms with E-state index >= 15 is 0 Å². The van der Waals surface area contributed by atoms with Crippen LogP contribution in [-0.2, 0) is 4.74 Å². The van der Waals surface area contributed by atoms with Crippen LogP contribution in [0.2, 0.25) is 0 Å². The Kier molecular flexibility index (Phi) is 4.07. The smallest absolute Gasteiger partial charge is 0.333 e. The minimum atomic E-state index is -1.07. The highest BCUT2D eigenvalue weighted by atomic mass is 19.1. The molecular weight excluding hydrogens is 271 g/mol. The van der Waals surface area contributed by atoms with Crippen LogP contribution in [0.15, 0.2) is 15.8 Å². The number of halogens is 1. The van der Waals surface area contributed by atoms with Gasteiger partial charge >= 0.3 is 5.69 Å². The predicted octanol–water partition coefficient (Wildman–Crippen LogP) is -0.629. The second kappa shape index (κ2) is 5.47. The van der Waals surface area contributed by atoms with Crippen molar-refractivity contribution in [2.24, 2.45) is 0 Å². The normalized spacial score (nSPS) is 26.4. The van der Waals surface area contributed by atoms with Crippen molar-refractivity contribution in [3.8, 4) is 0 Å². The lowest BCUT2D eigenvalue weighted by Gasteiger charge is -2.17. The molecule has 1 aliphatic rings. The number of rotatable bonds is 3. The minimum absolute atomic E-state index is 0.0425. The molecule has 20 heavy (non-hydrogen) atoms. The predicted molar refractivity (Wildman–Crippen MR) is 66.9 cm³/mol. The highest BCUT2D eigenvalue weighted by Crippen LogP contribution is 2.27. The Balaban J connectivity index is 2.49. The maximum absolute atomic E-state index is 13.6. The molecule has 0 saturated carbocycles. The number of aliphatic hydroxyl groups is 2. The third-order valence-electron chi connectivity index (χ3n) is 3.31. The van der Waals surface area contributed by atoms with Gasteiger partial charge in [0.1, 0.15) is 12.3 Å². The first-order chi connectivity index (χ1) is 9.36. The van der Waals surface area contributed by atoms with Crippen LogP contribution >= 0.6 is 0 Å². The average molecular weight is 288 g/mol. The molecule has 2 N–H and O–H groups in total. The second-order valence-electron chi connectivity index (χ2n) is 5.05. The van der Waals surface area contributed by atoms with Gasteiger partial charge in [-0.1, -0.05) is 0 Å². The second-order valence-corrected chi connectivity index (χ2v) is 5.05. The lowest BCUT2D eigenvalue weighted by atomic mass is 10.2. The summed E-state index contributed by atoms with van der Waals surface area (Å²) >= 11 is 0. The van der Waals surface area contributed by atoms with E-state index in [0.717, 1.165) is 15.3 Å². The zero-order valence-electron chi connectivity index (χ0n) is 11.2. The third kappa shape index (κ3) is 2.41. The van der Waals surface area contributed by atoms with Crippen molar-refractivity contribution in [1.29, 1.82) is 0 Å². The Morgan fingerprint density at radius 2 is 2.15 bits per heavy atom. The van der Waals surface area contributed by atoms with Crippen molar-refractivity contribution in [2.75, 3.05) is 6.61 Å². The fourth-order valence-electron chi connectivity index (χ4n) is 2.27. The lowest BCUT2D eigenvalue weighted by Crippen LogP contribution is -2.43. The Morgan fingerprint density at radius 3 is 2.65 bits per heavy atom. The van der Waals surface area contributed by atoms with E-state index in [9.17, 15) is 19.1 Å². The van der Waals surface area contributed by atoms with Crippen LogP contribution in [0, 0.1) is 5.82 Å². The van der Waals surface area contributed by atoms with E-state index in [-0.39, 0.29) is 6.42 Å². The molecule has 1 aromatic rings. The van der Waals surface area contributed by atoms with Crippen LogP contribution in [0.4, 0.5) is 4.39 Å². The molecule has 8 heteroatoms. The molecule has 0 amide bonds. The third-order valence-corrected chi connectivity index (χ3v) is 3.31. The van der Waals surface area contributed by atoms with E-state index in [4.69, 9.17) is 9.84 Å². The quantitative estimate of drug-likeness (QED) is 0.772. The molecule has 112 valence electrons. The average Bonchev–Trinajstić information content (AvgIpc) is 2.74. The first-order valence-corrected chi connectivity index (χ1v) is 6.34. The minimum Gasteiger partial charge on any atom is -0.394 e. The topological polar surface area (TPSA) is 93.7 Å². The van der Waals surface area contributed by atoms with Gasteiger partial charge in [0.25, 0.3) is 5.56 Å². The fraction of sp³-hybridized carbons (Fsp3) is 0.667. The Morgan fingerprint density at radius 1 is 1.50 bits per heavy atom. The molecule has 0 radical (unpaired) electrons. The van der Waals surface area contributed by atoms with Crippen LogP contribution in [0.5, 0.6) is 0 Å². The Bertz CT molecular complexity index is 609. The summed E-state index contributed by atoms with van der Waals surface area (Å²) < 4.78 is 20.7. The molecule has 1 aromatic heterocycles. The van der Waals surface area contributed by atoms with Crippen molar-refractivity contribution in [3.63, 3.8) is 0 Å². The summed E-state index contributed by atoms with van der Waals surface area (Å²) in [5, 5.41) is 18.7. The summed E-state index contributed by atoms with van der Waals surface area (Å²) in [6, 6.07) is -0.503. The lowest BCUT2D eigenvalue weighted by molar-refractivity contribution is -0.0467. The largest absolute Gasteiger partial charge is 0.394 e. The van der Waals surface area contributed by atoms with Gasteiger partial charge in [0.15, 0.2) is 0 Å². The maximum Gasteiger partial charge on any atom is 0.333 e. The molecule has 0 aromatic carbocycles. The zero-order chi connectivity index (χ0) is 15.0. The van der Waals surface area contributed by atoms with E-state index in [2.05, 4.69) is 0 Å². The van der Waals surface area contributed by atoms with Gasteiger partial charge in [0, 0.05) is 12.5 Å². The van der Waals surface area contributed by atoms with Gasteiger partial charge in [0.2, 0.25) is 5.82 Å². The molecular formula is C12H17FN2O5. The van der Waals surface area contributed by atoms with E-state index in [1.54, 1.807) is 13.8 Å². The Labute approximate surface area is 113 Å². The fourth-order valence-corrected chi connectivity index (χ4v) is 2.27. The monoisotopic (exact) mass is 288 g/mol. The van der Waals surface area contributed by atoms with Gasteiger partial charge < -0.3 is 14.9 Å².